The number of hydrogen-bond donors (Lipinski definition) is 1. The summed E-state index contributed by atoms with van der Waals surface area (Å²) in [6.07, 6.45) is 6.35. The summed E-state index contributed by atoms with van der Waals surface area (Å²) < 4.78 is 0. The van der Waals surface area contributed by atoms with Crippen LogP contribution in [0.25, 0.3) is 0 Å². The highest BCUT2D eigenvalue weighted by Gasteiger charge is 2.18. The molecule has 0 bridgehead atoms. The highest BCUT2D eigenvalue weighted by Crippen LogP contribution is 2.15. The van der Waals surface area contributed by atoms with Crippen LogP contribution >= 0.6 is 0 Å². The quantitative estimate of drug-likeness (QED) is 0.812. The molecule has 0 aromatic carbocycles. The molecule has 2 aromatic rings. The second-order valence-corrected chi connectivity index (χ2v) is 6.07. The summed E-state index contributed by atoms with van der Waals surface area (Å²) >= 11 is 0. The maximum absolute atomic E-state index is 9.71. The van der Waals surface area contributed by atoms with Crippen LogP contribution in [0.2, 0.25) is 0 Å². The van der Waals surface area contributed by atoms with Crippen LogP contribution in [0.4, 0.5) is 0 Å². The van der Waals surface area contributed by atoms with E-state index >= 15 is 0 Å². The van der Waals surface area contributed by atoms with Crippen molar-refractivity contribution >= 4 is 0 Å². The van der Waals surface area contributed by atoms with Crippen molar-refractivity contribution in [1.82, 2.24) is 19.9 Å². The van der Waals surface area contributed by atoms with Crippen molar-refractivity contribution < 1.29 is 5.11 Å². The van der Waals surface area contributed by atoms with Crippen LogP contribution in [0.15, 0.2) is 36.8 Å². The second kappa shape index (κ2) is 8.70. The van der Waals surface area contributed by atoms with E-state index in [1.165, 1.54) is 0 Å². The Labute approximate surface area is 138 Å². The normalized spacial score (nSPS) is 12.8. The fraction of sp³-hybridized carbons (Fsp3) is 0.500. The fourth-order valence-electron chi connectivity index (χ4n) is 2.53. The Morgan fingerprint density at radius 3 is 2.61 bits per heavy atom. The van der Waals surface area contributed by atoms with E-state index in [0.717, 1.165) is 30.0 Å². The van der Waals surface area contributed by atoms with Crippen molar-refractivity contribution in [3.05, 3.63) is 53.9 Å². The molecule has 0 amide bonds. The zero-order valence-corrected chi connectivity index (χ0v) is 14.2. The monoisotopic (exact) mass is 314 g/mol. The minimum Gasteiger partial charge on any atom is -0.395 e. The number of rotatable bonds is 8. The number of nitrogens with zero attached hydrogens (tertiary/aromatic N) is 4. The van der Waals surface area contributed by atoms with Crippen LogP contribution in [0.5, 0.6) is 0 Å². The maximum atomic E-state index is 9.71. The summed E-state index contributed by atoms with van der Waals surface area (Å²) in [6, 6.07) is 6.05. The first kappa shape index (κ1) is 17.5. The van der Waals surface area contributed by atoms with Gasteiger partial charge in [-0.3, -0.25) is 9.88 Å². The van der Waals surface area contributed by atoms with E-state index in [4.69, 9.17) is 0 Å². The van der Waals surface area contributed by atoms with Gasteiger partial charge in [0.05, 0.1) is 12.3 Å². The molecule has 1 atom stereocenters. The number of pyridine rings is 1. The predicted molar refractivity (Wildman–Crippen MR) is 90.8 cm³/mol. The van der Waals surface area contributed by atoms with E-state index < -0.39 is 0 Å². The van der Waals surface area contributed by atoms with Gasteiger partial charge in [0.25, 0.3) is 0 Å². The maximum Gasteiger partial charge on any atom is 0.131 e. The van der Waals surface area contributed by atoms with Crippen molar-refractivity contribution in [2.75, 3.05) is 6.61 Å². The molecule has 0 aliphatic carbocycles. The van der Waals surface area contributed by atoms with Crippen LogP contribution in [-0.2, 0) is 13.1 Å². The first-order valence-electron chi connectivity index (χ1n) is 8.19. The van der Waals surface area contributed by atoms with E-state index in [2.05, 4.69) is 46.7 Å². The molecule has 5 heteroatoms. The SMILES string of the molecule is CCC(CO)N(Cc1cccnc1)Cc1ccnc(C(C)C)n1. The number of aromatic nitrogens is 3. The molecule has 1 unspecified atom stereocenters. The van der Waals surface area contributed by atoms with Crippen LogP contribution < -0.4 is 0 Å². The number of hydrogen-bond acceptors (Lipinski definition) is 5. The summed E-state index contributed by atoms with van der Waals surface area (Å²) in [4.78, 5) is 15.4. The molecule has 0 aliphatic rings. The first-order chi connectivity index (χ1) is 11.1. The van der Waals surface area contributed by atoms with Gasteiger partial charge in [-0.2, -0.15) is 0 Å². The molecule has 124 valence electrons. The van der Waals surface area contributed by atoms with Gasteiger partial charge in [-0.05, 0) is 24.1 Å². The predicted octanol–water partition coefficient (Wildman–Crippen LogP) is 2.77. The van der Waals surface area contributed by atoms with Crippen LogP contribution in [0, 0.1) is 0 Å². The Morgan fingerprint density at radius 1 is 1.17 bits per heavy atom. The molecule has 23 heavy (non-hydrogen) atoms. The molecule has 2 rings (SSSR count). The molecule has 2 heterocycles. The van der Waals surface area contributed by atoms with Gasteiger partial charge >= 0.3 is 0 Å². The Morgan fingerprint density at radius 2 is 2.00 bits per heavy atom. The fourth-order valence-corrected chi connectivity index (χ4v) is 2.53. The highest BCUT2D eigenvalue weighted by molar-refractivity contribution is 5.10. The van der Waals surface area contributed by atoms with E-state index in [1.54, 1.807) is 6.20 Å². The largest absolute Gasteiger partial charge is 0.395 e. The van der Waals surface area contributed by atoms with Crippen molar-refractivity contribution in [2.24, 2.45) is 0 Å². The molecule has 2 aromatic heterocycles. The third kappa shape index (κ3) is 5.08. The first-order valence-corrected chi connectivity index (χ1v) is 8.19. The molecule has 0 radical (unpaired) electrons. The van der Waals surface area contributed by atoms with Gasteiger partial charge in [-0.25, -0.2) is 9.97 Å². The third-order valence-corrected chi connectivity index (χ3v) is 3.92. The Bertz CT molecular complexity index is 585. The van der Waals surface area contributed by atoms with Crippen molar-refractivity contribution in [2.45, 2.75) is 52.2 Å². The summed E-state index contributed by atoms with van der Waals surface area (Å²) in [5.41, 5.74) is 2.12. The van der Waals surface area contributed by atoms with Gasteiger partial charge < -0.3 is 5.11 Å². The van der Waals surface area contributed by atoms with Gasteiger partial charge in [0, 0.05) is 43.6 Å². The molecule has 1 N–H and O–H groups in total. The number of aliphatic hydroxyl groups is 1. The zero-order valence-electron chi connectivity index (χ0n) is 14.2. The van der Waals surface area contributed by atoms with Crippen molar-refractivity contribution in [3.8, 4) is 0 Å². The smallest absolute Gasteiger partial charge is 0.131 e. The van der Waals surface area contributed by atoms with Crippen molar-refractivity contribution in [1.29, 1.82) is 0 Å². The lowest BCUT2D eigenvalue weighted by atomic mass is 10.1. The topological polar surface area (TPSA) is 62.1 Å². The Hall–Kier alpha value is -1.85. The van der Waals surface area contributed by atoms with Gasteiger partial charge in [0.15, 0.2) is 0 Å². The molecule has 0 saturated heterocycles. The van der Waals surface area contributed by atoms with Crippen molar-refractivity contribution in [3.63, 3.8) is 0 Å². The van der Waals surface area contributed by atoms with Gasteiger partial charge in [-0.15, -0.1) is 0 Å². The van der Waals surface area contributed by atoms with Gasteiger partial charge in [0.2, 0.25) is 0 Å². The summed E-state index contributed by atoms with van der Waals surface area (Å²) in [5.74, 6) is 1.17. The standard InChI is InChI=1S/C18H26N4O/c1-4-17(13-23)22(11-15-6-5-8-19-10-15)12-16-7-9-20-18(21-16)14(2)3/h5-10,14,17,23H,4,11-13H2,1-3H3. The van der Waals surface area contributed by atoms with Crippen LogP contribution in [0.3, 0.4) is 0 Å². The molecule has 0 fully saturated rings. The van der Waals surface area contributed by atoms with Crippen LogP contribution in [-0.4, -0.2) is 37.6 Å². The molecule has 0 saturated carbocycles. The van der Waals surface area contributed by atoms with E-state index in [1.807, 2.05) is 24.5 Å². The van der Waals surface area contributed by atoms with E-state index in [9.17, 15) is 5.11 Å². The highest BCUT2D eigenvalue weighted by atomic mass is 16.3. The summed E-state index contributed by atoms with van der Waals surface area (Å²) in [5, 5.41) is 9.71. The second-order valence-electron chi connectivity index (χ2n) is 6.07. The Balaban J connectivity index is 2.18. The summed E-state index contributed by atoms with van der Waals surface area (Å²) in [6.45, 7) is 7.85. The molecule has 5 nitrogen and oxygen atoms in total. The average Bonchev–Trinajstić information content (AvgIpc) is 2.57. The minimum atomic E-state index is 0.104. The molecule has 0 aliphatic heterocycles. The zero-order chi connectivity index (χ0) is 16.7. The Kier molecular flexibility index (Phi) is 6.62. The number of aliphatic hydroxyl groups excluding tert-OH is 1. The van der Waals surface area contributed by atoms with Crippen LogP contribution in [0.1, 0.15) is 50.2 Å². The summed E-state index contributed by atoms with van der Waals surface area (Å²) in [7, 11) is 0. The molecular formula is C18H26N4O. The van der Waals surface area contributed by atoms with Gasteiger partial charge in [-0.1, -0.05) is 26.8 Å². The lowest BCUT2D eigenvalue weighted by Crippen LogP contribution is -2.37. The average molecular weight is 314 g/mol. The molecule has 0 spiro atoms. The van der Waals surface area contributed by atoms with E-state index in [-0.39, 0.29) is 12.6 Å². The van der Waals surface area contributed by atoms with Gasteiger partial charge in [0.1, 0.15) is 5.82 Å². The lowest BCUT2D eigenvalue weighted by molar-refractivity contribution is 0.105. The molecular weight excluding hydrogens is 288 g/mol. The lowest BCUT2D eigenvalue weighted by Gasteiger charge is -2.29. The third-order valence-electron chi connectivity index (χ3n) is 3.92. The van der Waals surface area contributed by atoms with E-state index in [0.29, 0.717) is 12.5 Å². The minimum absolute atomic E-state index is 0.104.